The van der Waals surface area contributed by atoms with Crippen LogP contribution >= 0.6 is 0 Å². The van der Waals surface area contributed by atoms with Crippen LogP contribution in [0.2, 0.25) is 0 Å². The van der Waals surface area contributed by atoms with Gasteiger partial charge in [-0.1, -0.05) is 54.6 Å². The monoisotopic (exact) mass is 470 g/mol. The SMILES string of the molecule is NC(CO)(CO)CN1CCc2cc(CCc3ccc(-c4ccccc4C(F)(F)F)cc3)ccc21. The molecule has 0 bridgehead atoms. The van der Waals surface area contributed by atoms with Crippen LogP contribution in [0.5, 0.6) is 0 Å². The third-order valence-electron chi connectivity index (χ3n) is 6.47. The second-order valence-corrected chi connectivity index (χ2v) is 9.05. The number of nitrogens with zero attached hydrogens (tertiary/aromatic N) is 1. The van der Waals surface area contributed by atoms with E-state index in [0.29, 0.717) is 12.1 Å². The number of fused-ring (bicyclic) bond motifs is 1. The molecule has 0 aromatic heterocycles. The van der Waals surface area contributed by atoms with E-state index in [0.717, 1.165) is 43.1 Å². The second kappa shape index (κ2) is 9.78. The normalized spacial score (nSPS) is 13.9. The van der Waals surface area contributed by atoms with Crippen LogP contribution in [0.15, 0.2) is 66.7 Å². The van der Waals surface area contributed by atoms with Gasteiger partial charge in [0.15, 0.2) is 0 Å². The maximum atomic E-state index is 13.3. The lowest BCUT2D eigenvalue weighted by Gasteiger charge is -2.31. The lowest BCUT2D eigenvalue weighted by atomic mass is 9.96. The van der Waals surface area contributed by atoms with Crippen molar-refractivity contribution >= 4 is 5.69 Å². The Morgan fingerprint density at radius 2 is 1.50 bits per heavy atom. The molecule has 0 fully saturated rings. The fourth-order valence-electron chi connectivity index (χ4n) is 4.49. The number of aliphatic hydroxyl groups is 2. The summed E-state index contributed by atoms with van der Waals surface area (Å²) < 4.78 is 40.0. The summed E-state index contributed by atoms with van der Waals surface area (Å²) in [4.78, 5) is 2.10. The molecule has 1 aliphatic rings. The maximum Gasteiger partial charge on any atom is 0.417 e. The molecule has 0 aliphatic carbocycles. The predicted molar refractivity (Wildman–Crippen MR) is 128 cm³/mol. The first kappa shape index (κ1) is 24.3. The third kappa shape index (κ3) is 5.27. The van der Waals surface area contributed by atoms with E-state index >= 15 is 0 Å². The van der Waals surface area contributed by atoms with E-state index in [4.69, 9.17) is 5.73 Å². The lowest BCUT2D eigenvalue weighted by Crippen LogP contribution is -2.55. The Balaban J connectivity index is 1.42. The van der Waals surface area contributed by atoms with Crippen molar-refractivity contribution in [3.05, 3.63) is 89.0 Å². The number of hydrogen-bond donors (Lipinski definition) is 3. The fraction of sp³-hybridized carbons (Fsp3) is 0.333. The van der Waals surface area contributed by atoms with E-state index in [1.54, 1.807) is 18.2 Å². The number of anilines is 1. The summed E-state index contributed by atoms with van der Waals surface area (Å²) in [5, 5.41) is 19.0. The van der Waals surface area contributed by atoms with Crippen LogP contribution in [-0.4, -0.2) is 42.1 Å². The number of benzene rings is 3. The highest BCUT2D eigenvalue weighted by Crippen LogP contribution is 2.37. The molecule has 3 aromatic rings. The van der Waals surface area contributed by atoms with Gasteiger partial charge in [0, 0.05) is 18.8 Å². The molecule has 0 amide bonds. The molecule has 4 rings (SSSR count). The van der Waals surface area contributed by atoms with Gasteiger partial charge in [-0.25, -0.2) is 0 Å². The molecule has 34 heavy (non-hydrogen) atoms. The molecule has 7 heteroatoms. The molecule has 0 saturated carbocycles. The number of halogens is 3. The number of rotatable bonds is 8. The lowest BCUT2D eigenvalue weighted by molar-refractivity contribution is -0.137. The molecule has 1 aliphatic heterocycles. The van der Waals surface area contributed by atoms with Crippen molar-refractivity contribution in [3.63, 3.8) is 0 Å². The van der Waals surface area contributed by atoms with Crippen molar-refractivity contribution in [2.24, 2.45) is 5.73 Å². The van der Waals surface area contributed by atoms with Gasteiger partial charge in [-0.05, 0) is 59.2 Å². The summed E-state index contributed by atoms with van der Waals surface area (Å²) >= 11 is 0. The van der Waals surface area contributed by atoms with Crippen molar-refractivity contribution in [1.82, 2.24) is 0 Å². The number of hydrogen-bond acceptors (Lipinski definition) is 4. The van der Waals surface area contributed by atoms with Gasteiger partial charge in [0.1, 0.15) is 0 Å². The minimum atomic E-state index is -4.39. The average molecular weight is 471 g/mol. The van der Waals surface area contributed by atoms with Crippen LogP contribution in [0, 0.1) is 0 Å². The van der Waals surface area contributed by atoms with Crippen molar-refractivity contribution in [1.29, 1.82) is 0 Å². The van der Waals surface area contributed by atoms with E-state index in [-0.39, 0.29) is 18.8 Å². The van der Waals surface area contributed by atoms with Gasteiger partial charge >= 0.3 is 6.18 Å². The molecule has 0 radical (unpaired) electrons. The highest BCUT2D eigenvalue weighted by molar-refractivity contribution is 5.68. The van der Waals surface area contributed by atoms with Gasteiger partial charge < -0.3 is 20.8 Å². The molecule has 0 spiro atoms. The standard InChI is InChI=1S/C27H29F3N2O2/c28-27(29,30)24-4-2-1-3-23(24)21-10-7-19(8-11-21)5-6-20-9-12-25-22(15-20)13-14-32(25)16-26(31,17-33)18-34/h1-4,7-12,15,33-34H,5-6,13-14,16-18,31H2. The second-order valence-electron chi connectivity index (χ2n) is 9.05. The Morgan fingerprint density at radius 1 is 0.853 bits per heavy atom. The molecule has 0 saturated heterocycles. The molecule has 0 unspecified atom stereocenters. The zero-order valence-corrected chi connectivity index (χ0v) is 18.9. The molecule has 4 nitrogen and oxygen atoms in total. The number of nitrogens with two attached hydrogens (primary N) is 1. The maximum absolute atomic E-state index is 13.3. The summed E-state index contributed by atoms with van der Waals surface area (Å²) in [6.45, 7) is 0.608. The molecule has 4 N–H and O–H groups in total. The van der Waals surface area contributed by atoms with E-state index in [9.17, 15) is 23.4 Å². The largest absolute Gasteiger partial charge is 0.417 e. The van der Waals surface area contributed by atoms with Crippen molar-refractivity contribution < 1.29 is 23.4 Å². The quantitative estimate of drug-likeness (QED) is 0.462. The van der Waals surface area contributed by atoms with E-state index < -0.39 is 17.3 Å². The van der Waals surface area contributed by atoms with Crippen LogP contribution in [0.3, 0.4) is 0 Å². The van der Waals surface area contributed by atoms with Crippen molar-refractivity contribution in [2.45, 2.75) is 31.0 Å². The average Bonchev–Trinajstić information content (AvgIpc) is 3.24. The Kier molecular flexibility index (Phi) is 6.98. The van der Waals surface area contributed by atoms with Gasteiger partial charge in [-0.15, -0.1) is 0 Å². The molecular formula is C27H29F3N2O2. The smallest absolute Gasteiger partial charge is 0.394 e. The predicted octanol–water partition coefficient (Wildman–Crippen LogP) is 4.20. The summed E-state index contributed by atoms with van der Waals surface area (Å²) in [7, 11) is 0. The van der Waals surface area contributed by atoms with Crippen molar-refractivity contribution in [3.8, 4) is 11.1 Å². The van der Waals surface area contributed by atoms with E-state index in [1.165, 1.54) is 23.3 Å². The summed E-state index contributed by atoms with van der Waals surface area (Å²) in [6.07, 6.45) is -1.91. The van der Waals surface area contributed by atoms with Gasteiger partial charge in [0.2, 0.25) is 0 Å². The minimum Gasteiger partial charge on any atom is -0.394 e. The molecule has 0 atom stereocenters. The van der Waals surface area contributed by atoms with Gasteiger partial charge in [0.05, 0.1) is 24.3 Å². The van der Waals surface area contributed by atoms with Gasteiger partial charge in [-0.3, -0.25) is 0 Å². The topological polar surface area (TPSA) is 69.7 Å². The molecular weight excluding hydrogens is 441 g/mol. The summed E-state index contributed by atoms with van der Waals surface area (Å²) in [5.74, 6) is 0. The molecule has 180 valence electrons. The first-order valence-corrected chi connectivity index (χ1v) is 11.4. The van der Waals surface area contributed by atoms with E-state index in [1.807, 2.05) is 12.1 Å². The van der Waals surface area contributed by atoms with Crippen molar-refractivity contribution in [2.75, 3.05) is 31.2 Å². The Hall–Kier alpha value is -2.87. The Bertz CT molecular complexity index is 1130. The third-order valence-corrected chi connectivity index (χ3v) is 6.47. The van der Waals surface area contributed by atoms with Crippen LogP contribution in [-0.2, 0) is 25.4 Å². The van der Waals surface area contributed by atoms with Crippen LogP contribution in [0.25, 0.3) is 11.1 Å². The van der Waals surface area contributed by atoms with Gasteiger partial charge in [0.25, 0.3) is 0 Å². The summed E-state index contributed by atoms with van der Waals surface area (Å²) in [6, 6.07) is 19.2. The number of aryl methyl sites for hydroxylation is 2. The zero-order chi connectivity index (χ0) is 24.3. The highest BCUT2D eigenvalue weighted by atomic mass is 19.4. The highest BCUT2D eigenvalue weighted by Gasteiger charge is 2.33. The molecule has 1 heterocycles. The number of aliphatic hydroxyl groups excluding tert-OH is 2. The van der Waals surface area contributed by atoms with Gasteiger partial charge in [-0.2, -0.15) is 13.2 Å². The number of alkyl halides is 3. The fourth-order valence-corrected chi connectivity index (χ4v) is 4.49. The van der Waals surface area contributed by atoms with Crippen LogP contribution < -0.4 is 10.6 Å². The first-order valence-electron chi connectivity index (χ1n) is 11.4. The Labute approximate surface area is 197 Å². The Morgan fingerprint density at radius 3 is 2.18 bits per heavy atom. The van der Waals surface area contributed by atoms with Crippen LogP contribution in [0.4, 0.5) is 18.9 Å². The summed E-state index contributed by atoms with van der Waals surface area (Å²) in [5.41, 5.74) is 9.68. The van der Waals surface area contributed by atoms with Crippen LogP contribution in [0.1, 0.15) is 22.3 Å². The zero-order valence-electron chi connectivity index (χ0n) is 18.9. The first-order chi connectivity index (χ1) is 16.2. The minimum absolute atomic E-state index is 0.189. The van der Waals surface area contributed by atoms with E-state index in [2.05, 4.69) is 23.1 Å². The molecule has 3 aromatic carbocycles.